The maximum atomic E-state index is 14.2. The predicted octanol–water partition coefficient (Wildman–Crippen LogP) is 6.37. The number of hydrogen-bond donors (Lipinski definition) is 9. The monoisotopic (exact) mass is 965 g/mol. The van der Waals surface area contributed by atoms with E-state index in [-0.39, 0.29) is 60.0 Å². The van der Waals surface area contributed by atoms with Crippen molar-refractivity contribution in [2.24, 2.45) is 11.1 Å². The minimum absolute atomic E-state index is 0.00729. The number of rotatable bonds is 22. The van der Waals surface area contributed by atoms with Crippen LogP contribution < -0.4 is 26.6 Å². The van der Waals surface area contributed by atoms with Gasteiger partial charge in [-0.1, -0.05) is 57.2 Å². The third-order valence-corrected chi connectivity index (χ3v) is 13.8. The number of nitrogens with zero attached hydrogens (tertiary/aromatic N) is 4. The van der Waals surface area contributed by atoms with Crippen LogP contribution in [0, 0.1) is 23.2 Å². The van der Waals surface area contributed by atoms with Gasteiger partial charge in [-0.25, -0.2) is 4.98 Å². The highest BCUT2D eigenvalue weighted by molar-refractivity contribution is 7.13. The molecule has 3 unspecified atom stereocenters. The standard InChI is InChI=1S/C52H72N10O6S/c1-33(68-45(49(54)55)30-42(53)41-12-7-8-13-44(41)64)11-9-23-56-38-19-21-39(22-20-38)61-27-25-60(26-28-61)24-10-14-46(65)59-48(52(4,5)6)51(67)62-31-40(63)29-43(62)50(66)58-34(2)36-15-17-37(18-16-36)47-35(3)57-32-69-47/h7-8,12-13,15-22,30,32-34,40,43,46,48,53,56,59,63-65H,9-11,14,23-29,31H2,1-6H3,(H3,54,55)(H,58,66)/b45-30+,53-42?/t33?,34-,40?,43-,46?,48+/m0/s1. The predicted molar refractivity (Wildman–Crippen MR) is 275 cm³/mol. The minimum Gasteiger partial charge on any atom is -0.507 e. The number of hydrogen-bond acceptors (Lipinski definition) is 14. The molecule has 2 amide bonds. The van der Waals surface area contributed by atoms with Gasteiger partial charge in [-0.05, 0) is 106 Å². The number of carbonyl (C=O) groups excluding carboxylic acids is 2. The van der Waals surface area contributed by atoms with E-state index in [1.165, 1.54) is 17.0 Å². The fourth-order valence-corrected chi connectivity index (χ4v) is 9.66. The number of amidine groups is 1. The van der Waals surface area contributed by atoms with Crippen LogP contribution in [0.4, 0.5) is 11.4 Å². The average Bonchev–Trinajstić information content (AvgIpc) is 3.94. The summed E-state index contributed by atoms with van der Waals surface area (Å²) >= 11 is 1.59. The van der Waals surface area contributed by atoms with Crippen molar-refractivity contribution in [3.8, 4) is 16.2 Å². The number of carbonyl (C=O) groups is 2. The lowest BCUT2D eigenvalue weighted by molar-refractivity contribution is -0.143. The van der Waals surface area contributed by atoms with Crippen molar-refractivity contribution in [2.45, 2.75) is 110 Å². The first-order valence-corrected chi connectivity index (χ1v) is 24.9. The second kappa shape index (κ2) is 24.1. The number of β-amino-alcohol motifs (C(OH)–C–C–N with tert-alkyl or cyclic N) is 1. The number of ether oxygens (including phenoxy) is 1. The second-order valence-corrected chi connectivity index (χ2v) is 20.2. The zero-order valence-electron chi connectivity index (χ0n) is 40.9. The smallest absolute Gasteiger partial charge is 0.243 e. The van der Waals surface area contributed by atoms with Gasteiger partial charge >= 0.3 is 0 Å². The first-order chi connectivity index (χ1) is 32.9. The Balaban J connectivity index is 0.895. The molecule has 69 heavy (non-hydrogen) atoms. The van der Waals surface area contributed by atoms with E-state index in [2.05, 4.69) is 55.0 Å². The van der Waals surface area contributed by atoms with Crippen LogP contribution >= 0.6 is 11.3 Å². The Morgan fingerprint density at radius 3 is 2.32 bits per heavy atom. The van der Waals surface area contributed by atoms with Gasteiger partial charge in [0.25, 0.3) is 0 Å². The molecule has 17 heteroatoms. The summed E-state index contributed by atoms with van der Waals surface area (Å²) in [5.74, 6) is -0.840. The number of thiazole rings is 1. The van der Waals surface area contributed by atoms with Crippen molar-refractivity contribution in [3.63, 3.8) is 0 Å². The molecule has 10 N–H and O–H groups in total. The molecule has 0 saturated carbocycles. The summed E-state index contributed by atoms with van der Waals surface area (Å²) in [5, 5.41) is 58.0. The Morgan fingerprint density at radius 1 is 0.986 bits per heavy atom. The maximum absolute atomic E-state index is 14.2. The number of nitrogens with one attached hydrogen (secondary N) is 5. The van der Waals surface area contributed by atoms with Gasteiger partial charge in [0.05, 0.1) is 46.1 Å². The summed E-state index contributed by atoms with van der Waals surface area (Å²) in [7, 11) is 0. The largest absolute Gasteiger partial charge is 0.507 e. The molecule has 0 spiro atoms. The van der Waals surface area contributed by atoms with Gasteiger partial charge in [0.2, 0.25) is 11.8 Å². The van der Waals surface area contributed by atoms with Crippen LogP contribution in [0.25, 0.3) is 10.4 Å². The summed E-state index contributed by atoms with van der Waals surface area (Å²) in [4.78, 5) is 39.6. The molecule has 6 rings (SSSR count). The van der Waals surface area contributed by atoms with Crippen molar-refractivity contribution in [3.05, 3.63) is 107 Å². The van der Waals surface area contributed by atoms with Crippen LogP contribution in [-0.4, -0.2) is 130 Å². The number of benzene rings is 3. The van der Waals surface area contributed by atoms with Crippen LogP contribution in [0.1, 0.15) is 89.6 Å². The van der Waals surface area contributed by atoms with E-state index in [9.17, 15) is 24.9 Å². The van der Waals surface area contributed by atoms with Crippen LogP contribution in [0.5, 0.6) is 5.75 Å². The Labute approximate surface area is 411 Å². The normalized spacial score (nSPS) is 18.6. The number of aliphatic hydroxyl groups excluding tert-OH is 2. The average molecular weight is 965 g/mol. The molecule has 3 aromatic carbocycles. The van der Waals surface area contributed by atoms with E-state index >= 15 is 0 Å². The van der Waals surface area contributed by atoms with E-state index in [1.807, 2.05) is 71.3 Å². The van der Waals surface area contributed by atoms with E-state index in [1.54, 1.807) is 29.5 Å². The first kappa shape index (κ1) is 52.5. The van der Waals surface area contributed by atoms with Gasteiger partial charge in [-0.3, -0.25) is 30.6 Å². The highest BCUT2D eigenvalue weighted by atomic mass is 32.1. The molecule has 2 aliphatic heterocycles. The van der Waals surface area contributed by atoms with E-state index in [0.29, 0.717) is 18.4 Å². The molecule has 2 fully saturated rings. The lowest BCUT2D eigenvalue weighted by Crippen LogP contribution is -2.58. The first-order valence-electron chi connectivity index (χ1n) is 24.0. The lowest BCUT2D eigenvalue weighted by atomic mass is 9.85. The molecular weight excluding hydrogens is 893 g/mol. The summed E-state index contributed by atoms with van der Waals surface area (Å²) in [6.07, 6.45) is 2.21. The number of aromatic hydroxyl groups is 1. The molecule has 16 nitrogen and oxygen atoms in total. The summed E-state index contributed by atoms with van der Waals surface area (Å²) in [6, 6.07) is 21.1. The Hall–Kier alpha value is -5.85. The number of allylic oxidation sites excluding steroid dienone is 1. The molecule has 1 aromatic heterocycles. The highest BCUT2D eigenvalue weighted by Gasteiger charge is 2.44. The molecular formula is C52H72N10O6S. The van der Waals surface area contributed by atoms with E-state index < -0.39 is 29.8 Å². The van der Waals surface area contributed by atoms with Crippen molar-refractivity contribution >= 4 is 46.1 Å². The summed E-state index contributed by atoms with van der Waals surface area (Å²) in [6.45, 7) is 16.7. The number of nitrogens with two attached hydrogens (primary N) is 1. The fraction of sp³-hybridized carbons (Fsp3) is 0.481. The number of phenols is 1. The number of anilines is 2. The van der Waals surface area contributed by atoms with Gasteiger partial charge in [0, 0.05) is 68.7 Å². The maximum Gasteiger partial charge on any atom is 0.243 e. The second-order valence-electron chi connectivity index (χ2n) is 19.4. The quantitative estimate of drug-likeness (QED) is 0.0137. The molecule has 6 atom stereocenters. The van der Waals surface area contributed by atoms with Gasteiger partial charge in [-0.15, -0.1) is 11.3 Å². The molecule has 4 aromatic rings. The van der Waals surface area contributed by atoms with E-state index in [0.717, 1.165) is 85.2 Å². The molecule has 3 heterocycles. The number of aryl methyl sites for hydroxylation is 1. The zero-order valence-corrected chi connectivity index (χ0v) is 41.7. The van der Waals surface area contributed by atoms with E-state index in [4.69, 9.17) is 21.3 Å². The fourth-order valence-electron chi connectivity index (χ4n) is 8.85. The third-order valence-electron chi connectivity index (χ3n) is 12.9. The number of amides is 2. The Morgan fingerprint density at radius 2 is 1.68 bits per heavy atom. The number of likely N-dealkylation sites (tertiary alicyclic amines) is 1. The lowest BCUT2D eigenvalue weighted by Gasteiger charge is -2.37. The van der Waals surface area contributed by atoms with Crippen molar-refractivity contribution in [1.82, 2.24) is 25.4 Å². The number of aromatic nitrogens is 1. The molecule has 0 bridgehead atoms. The Bertz CT molecular complexity index is 2380. The van der Waals surface area contributed by atoms with Crippen molar-refractivity contribution in [1.29, 1.82) is 10.8 Å². The van der Waals surface area contributed by atoms with Crippen LogP contribution in [0.3, 0.4) is 0 Å². The van der Waals surface area contributed by atoms with Gasteiger partial charge in [0.1, 0.15) is 18.0 Å². The van der Waals surface area contributed by atoms with Gasteiger partial charge < -0.3 is 46.2 Å². The number of para-hydroxylation sites is 1. The number of piperazine rings is 1. The molecule has 2 aliphatic rings. The number of aliphatic hydroxyl groups is 2. The molecule has 0 aliphatic carbocycles. The molecule has 372 valence electrons. The molecule has 0 radical (unpaired) electrons. The van der Waals surface area contributed by atoms with Crippen LogP contribution in [0.15, 0.2) is 90.1 Å². The number of phenolic OH excluding ortho intramolecular Hbond substituents is 1. The highest BCUT2D eigenvalue weighted by Crippen LogP contribution is 2.30. The van der Waals surface area contributed by atoms with Crippen LogP contribution in [0.2, 0.25) is 0 Å². The SMILES string of the molecule is Cc1ncsc1-c1ccc([C@H](C)NC(=O)[C@@H]2CC(O)CN2C(=O)[C@@H](NC(O)CCCN2CCN(c3ccc(NCCCC(C)O/C(=C/C(=N)c4ccccc4O)C(=N)N)cc3)CC2)C(C)(C)C)cc1. The van der Waals surface area contributed by atoms with Crippen LogP contribution in [-0.2, 0) is 14.3 Å². The Kier molecular flexibility index (Phi) is 18.4. The van der Waals surface area contributed by atoms with Crippen molar-refractivity contribution < 1.29 is 29.6 Å². The third kappa shape index (κ3) is 14.6. The van der Waals surface area contributed by atoms with Crippen molar-refractivity contribution in [2.75, 3.05) is 56.0 Å². The molecule has 2 saturated heterocycles. The summed E-state index contributed by atoms with van der Waals surface area (Å²) in [5.41, 5.74) is 12.5. The topological polar surface area (TPSA) is 236 Å². The van der Waals surface area contributed by atoms with Gasteiger partial charge in [0.15, 0.2) is 11.6 Å². The zero-order chi connectivity index (χ0) is 49.8. The minimum atomic E-state index is -0.930. The summed E-state index contributed by atoms with van der Waals surface area (Å²) < 4.78 is 5.91. The van der Waals surface area contributed by atoms with Gasteiger partial charge in [-0.2, -0.15) is 0 Å².